The predicted octanol–water partition coefficient (Wildman–Crippen LogP) is 7.30. The summed E-state index contributed by atoms with van der Waals surface area (Å²) in [5.41, 5.74) is 4.84. The van der Waals surface area contributed by atoms with Crippen LogP contribution >= 0.6 is 15.9 Å². The second kappa shape index (κ2) is 9.77. The lowest BCUT2D eigenvalue weighted by Gasteiger charge is -2.14. The highest BCUT2D eigenvalue weighted by atomic mass is 79.9. The van der Waals surface area contributed by atoms with Crippen LogP contribution in [0.15, 0.2) is 120 Å². The molecule has 0 aliphatic rings. The standard InChI is InChI=1S/C28H21BrN4O/c29-22-17-15-21(16-18-22)28(34)31-25-14-8-7-13-24(25)30-27-19-26(20-9-3-1-4-10-20)32-33(27)23-11-5-2-6-12-23/h1-19,30H,(H,31,34). The first-order valence-corrected chi connectivity index (χ1v) is 11.6. The SMILES string of the molecule is O=C(Nc1ccccc1Nc1cc(-c2ccccc2)nn1-c1ccccc1)c1ccc(Br)cc1. The van der Waals surface area contributed by atoms with Gasteiger partial charge >= 0.3 is 0 Å². The van der Waals surface area contributed by atoms with Crippen molar-refractivity contribution in [3.63, 3.8) is 0 Å². The van der Waals surface area contributed by atoms with E-state index in [2.05, 4.69) is 26.6 Å². The number of carbonyl (C=O) groups is 1. The Kier molecular flexibility index (Phi) is 6.23. The highest BCUT2D eigenvalue weighted by molar-refractivity contribution is 9.10. The number of anilines is 3. The summed E-state index contributed by atoms with van der Waals surface area (Å²) >= 11 is 3.40. The summed E-state index contributed by atoms with van der Waals surface area (Å²) < 4.78 is 2.80. The van der Waals surface area contributed by atoms with Crippen molar-refractivity contribution in [2.75, 3.05) is 10.6 Å². The van der Waals surface area contributed by atoms with Gasteiger partial charge in [0.05, 0.1) is 22.8 Å². The number of nitrogens with zero attached hydrogens (tertiary/aromatic N) is 2. The predicted molar refractivity (Wildman–Crippen MR) is 141 cm³/mol. The molecule has 0 atom stereocenters. The van der Waals surface area contributed by atoms with E-state index in [0.717, 1.165) is 32.9 Å². The topological polar surface area (TPSA) is 59.0 Å². The molecule has 6 heteroatoms. The maximum atomic E-state index is 12.8. The van der Waals surface area contributed by atoms with Gasteiger partial charge in [-0.15, -0.1) is 0 Å². The molecule has 5 aromatic rings. The Balaban J connectivity index is 1.49. The molecule has 0 aliphatic carbocycles. The number of amides is 1. The Bertz CT molecular complexity index is 1410. The molecule has 0 bridgehead atoms. The van der Waals surface area contributed by atoms with Gasteiger partial charge in [-0.3, -0.25) is 4.79 Å². The number of benzene rings is 4. The number of nitrogens with one attached hydrogen (secondary N) is 2. The van der Waals surface area contributed by atoms with Gasteiger partial charge in [0.1, 0.15) is 5.82 Å². The Hall–Kier alpha value is -4.16. The van der Waals surface area contributed by atoms with Crippen molar-refractivity contribution >= 4 is 39.0 Å². The van der Waals surface area contributed by atoms with Gasteiger partial charge in [0.2, 0.25) is 0 Å². The number of hydrogen-bond donors (Lipinski definition) is 2. The summed E-state index contributed by atoms with van der Waals surface area (Å²) in [5, 5.41) is 11.3. The minimum absolute atomic E-state index is 0.178. The lowest BCUT2D eigenvalue weighted by molar-refractivity contribution is 0.102. The third-order valence-electron chi connectivity index (χ3n) is 5.32. The molecule has 5 nitrogen and oxygen atoms in total. The molecule has 0 radical (unpaired) electrons. The Morgan fingerprint density at radius 1 is 0.735 bits per heavy atom. The molecule has 0 aliphatic heterocycles. The Labute approximate surface area is 206 Å². The first kappa shape index (κ1) is 21.7. The van der Waals surface area contributed by atoms with Gasteiger partial charge < -0.3 is 10.6 Å². The van der Waals surface area contributed by atoms with Crippen LogP contribution in [0.1, 0.15) is 10.4 Å². The van der Waals surface area contributed by atoms with E-state index >= 15 is 0 Å². The number of halogens is 1. The lowest BCUT2D eigenvalue weighted by atomic mass is 10.1. The normalized spacial score (nSPS) is 10.6. The van der Waals surface area contributed by atoms with Crippen molar-refractivity contribution < 1.29 is 4.79 Å². The second-order valence-electron chi connectivity index (χ2n) is 7.66. The number of rotatable bonds is 6. The quantitative estimate of drug-likeness (QED) is 0.253. The molecule has 1 heterocycles. The summed E-state index contributed by atoms with van der Waals surface area (Å²) in [5.74, 6) is 0.610. The zero-order chi connectivity index (χ0) is 23.3. The average Bonchev–Trinajstić information content (AvgIpc) is 3.30. The molecule has 2 N–H and O–H groups in total. The minimum Gasteiger partial charge on any atom is -0.338 e. The Morgan fingerprint density at radius 2 is 1.35 bits per heavy atom. The van der Waals surface area contributed by atoms with E-state index in [1.807, 2.05) is 108 Å². The third-order valence-corrected chi connectivity index (χ3v) is 5.85. The van der Waals surface area contributed by atoms with Gasteiger partial charge in [0.25, 0.3) is 5.91 Å². The van der Waals surface area contributed by atoms with Gasteiger partial charge in [0, 0.05) is 21.7 Å². The van der Waals surface area contributed by atoms with Gasteiger partial charge in [-0.05, 0) is 48.5 Å². The molecule has 4 aromatic carbocycles. The van der Waals surface area contributed by atoms with E-state index < -0.39 is 0 Å². The average molecular weight is 509 g/mol. The van der Waals surface area contributed by atoms with Gasteiger partial charge in [-0.25, -0.2) is 4.68 Å². The summed E-state index contributed by atoms with van der Waals surface area (Å²) in [4.78, 5) is 12.8. The first-order valence-electron chi connectivity index (χ1n) is 10.8. The summed E-state index contributed by atoms with van der Waals surface area (Å²) in [6.07, 6.45) is 0. The van der Waals surface area contributed by atoms with E-state index in [9.17, 15) is 4.79 Å². The van der Waals surface area contributed by atoms with Crippen molar-refractivity contribution in [1.82, 2.24) is 9.78 Å². The molecule has 0 fully saturated rings. The van der Waals surface area contributed by atoms with Gasteiger partial charge in [-0.2, -0.15) is 5.10 Å². The fourth-order valence-corrected chi connectivity index (χ4v) is 3.89. The zero-order valence-corrected chi connectivity index (χ0v) is 19.7. The molecule has 34 heavy (non-hydrogen) atoms. The number of hydrogen-bond acceptors (Lipinski definition) is 3. The molecule has 1 aromatic heterocycles. The first-order chi connectivity index (χ1) is 16.7. The van der Waals surface area contributed by atoms with Crippen LogP contribution in [0, 0.1) is 0 Å². The Morgan fingerprint density at radius 3 is 2.06 bits per heavy atom. The monoisotopic (exact) mass is 508 g/mol. The number of carbonyl (C=O) groups excluding carboxylic acids is 1. The molecule has 5 rings (SSSR count). The van der Waals surface area contributed by atoms with Gasteiger partial charge in [0.15, 0.2) is 0 Å². The molecule has 166 valence electrons. The second-order valence-corrected chi connectivity index (χ2v) is 8.58. The molecular weight excluding hydrogens is 488 g/mol. The summed E-state index contributed by atoms with van der Waals surface area (Å²) in [6.45, 7) is 0. The van der Waals surface area contributed by atoms with E-state index in [-0.39, 0.29) is 5.91 Å². The molecule has 0 unspecified atom stereocenters. The number of aromatic nitrogens is 2. The molecular formula is C28H21BrN4O. The molecule has 0 saturated heterocycles. The van der Waals surface area contributed by atoms with E-state index in [1.54, 1.807) is 12.1 Å². The third kappa shape index (κ3) is 4.77. The van der Waals surface area contributed by atoms with Crippen molar-refractivity contribution in [1.29, 1.82) is 0 Å². The van der Waals surface area contributed by atoms with Crippen LogP contribution in [-0.2, 0) is 0 Å². The van der Waals surface area contributed by atoms with Gasteiger partial charge in [-0.1, -0.05) is 76.6 Å². The largest absolute Gasteiger partial charge is 0.338 e. The zero-order valence-electron chi connectivity index (χ0n) is 18.2. The van der Waals surface area contributed by atoms with Crippen molar-refractivity contribution in [2.24, 2.45) is 0 Å². The van der Waals surface area contributed by atoms with Crippen LogP contribution in [-0.4, -0.2) is 15.7 Å². The van der Waals surface area contributed by atoms with Crippen LogP contribution < -0.4 is 10.6 Å². The van der Waals surface area contributed by atoms with Crippen molar-refractivity contribution in [3.8, 4) is 16.9 Å². The maximum absolute atomic E-state index is 12.8. The van der Waals surface area contributed by atoms with Crippen molar-refractivity contribution in [3.05, 3.63) is 125 Å². The van der Waals surface area contributed by atoms with Crippen LogP contribution in [0.3, 0.4) is 0 Å². The summed E-state index contributed by atoms with van der Waals surface area (Å²) in [7, 11) is 0. The van der Waals surface area contributed by atoms with E-state index in [0.29, 0.717) is 11.3 Å². The number of para-hydroxylation sites is 3. The molecule has 0 spiro atoms. The van der Waals surface area contributed by atoms with Crippen LogP contribution in [0.2, 0.25) is 0 Å². The van der Waals surface area contributed by atoms with E-state index in [4.69, 9.17) is 5.10 Å². The molecule has 0 saturated carbocycles. The van der Waals surface area contributed by atoms with Crippen LogP contribution in [0.25, 0.3) is 16.9 Å². The van der Waals surface area contributed by atoms with E-state index in [1.165, 1.54) is 0 Å². The van der Waals surface area contributed by atoms with Crippen molar-refractivity contribution in [2.45, 2.75) is 0 Å². The fourth-order valence-electron chi connectivity index (χ4n) is 3.62. The fraction of sp³-hybridized carbons (Fsp3) is 0. The minimum atomic E-state index is -0.178. The highest BCUT2D eigenvalue weighted by Crippen LogP contribution is 2.30. The summed E-state index contributed by atoms with van der Waals surface area (Å²) in [6, 6.07) is 36.9. The lowest BCUT2D eigenvalue weighted by Crippen LogP contribution is -2.13. The maximum Gasteiger partial charge on any atom is 0.255 e. The molecule has 1 amide bonds. The smallest absolute Gasteiger partial charge is 0.255 e. The highest BCUT2D eigenvalue weighted by Gasteiger charge is 2.14. The van der Waals surface area contributed by atoms with Crippen LogP contribution in [0.5, 0.6) is 0 Å². The van der Waals surface area contributed by atoms with Crippen LogP contribution in [0.4, 0.5) is 17.2 Å².